The van der Waals surface area contributed by atoms with Gasteiger partial charge in [0.05, 0.1) is 4.32 Å². The van der Waals surface area contributed by atoms with E-state index in [2.05, 4.69) is 18.5 Å². The van der Waals surface area contributed by atoms with Crippen LogP contribution >= 0.6 is 23.6 Å². The molecular weight excluding hydrogens is 102 g/mol. The van der Waals surface area contributed by atoms with Crippen LogP contribution in [0.25, 0.3) is 0 Å². The van der Waals surface area contributed by atoms with E-state index in [0.29, 0.717) is 4.32 Å². The highest BCUT2D eigenvalue weighted by Gasteiger charge is 1.58. The molecule has 0 atom stereocenters. The Kier molecular flexibility index (Phi) is 2.64. The summed E-state index contributed by atoms with van der Waals surface area (Å²) in [6.07, 6.45) is 0. The molecule has 0 bridgehead atoms. The van der Waals surface area contributed by atoms with Gasteiger partial charge < -0.3 is 0 Å². The van der Waals surface area contributed by atoms with Crippen molar-refractivity contribution in [3.8, 4) is 0 Å². The molecule has 0 aliphatic heterocycles. The Morgan fingerprint density at radius 3 is 2.20 bits per heavy atom. The summed E-state index contributed by atoms with van der Waals surface area (Å²) < 4.78 is 0.505. The van der Waals surface area contributed by atoms with Gasteiger partial charge in [0, 0.05) is 0 Å². The molecule has 0 aromatic heterocycles. The van der Waals surface area contributed by atoms with Crippen LogP contribution in [0.15, 0.2) is 0 Å². The van der Waals surface area contributed by atoms with Gasteiger partial charge in [0.2, 0.25) is 0 Å². The van der Waals surface area contributed by atoms with E-state index in [1.165, 1.54) is 10.9 Å². The fourth-order valence-corrected chi connectivity index (χ4v) is 0. The highest BCUT2D eigenvalue weighted by molar-refractivity contribution is 8.16. The molecule has 3 heteroatoms. The van der Waals surface area contributed by atoms with E-state index in [0.717, 1.165) is 0 Å². The summed E-state index contributed by atoms with van der Waals surface area (Å²) in [5, 5.41) is 0. The van der Waals surface area contributed by atoms with Gasteiger partial charge in [-0.25, -0.2) is 0 Å². The Balaban J connectivity index is 3.60. The zero-order chi connectivity index (χ0) is 4.28. The lowest BCUT2D eigenvalue weighted by molar-refractivity contribution is 1.91. The predicted molar refractivity (Wildman–Crippen MR) is 32.9 cm³/mol. The van der Waals surface area contributed by atoms with Gasteiger partial charge in [-0.1, -0.05) is 0 Å². The normalized spacial score (nSPS) is 6.80. The monoisotopic (exact) mass is 107 g/mol. The smallest absolute Gasteiger partial charge is 0.0962 e. The molecule has 2 N–H and O–H groups in total. The van der Waals surface area contributed by atoms with Crippen LogP contribution in [-0.2, 0) is 0 Å². The van der Waals surface area contributed by atoms with Crippen LogP contribution < -0.4 is 5.73 Å². The minimum absolute atomic E-state index is 0.505. The van der Waals surface area contributed by atoms with Gasteiger partial charge in [-0.3, -0.25) is 5.73 Å². The second kappa shape index (κ2) is 2.50. The number of nitrogens with two attached hydrogens (primary N) is 1. The molecule has 0 spiro atoms. The van der Waals surface area contributed by atoms with Crippen LogP contribution in [-0.4, -0.2) is 10.2 Å². The van der Waals surface area contributed by atoms with Crippen LogP contribution in [0.4, 0.5) is 0 Å². The molecular formula is C2H5NS2. The van der Waals surface area contributed by atoms with E-state index >= 15 is 0 Å². The Morgan fingerprint density at radius 2 is 2.20 bits per heavy atom. The molecule has 0 amide bonds. The average Bonchev–Trinajstić information content (AvgIpc) is 1.38. The van der Waals surface area contributed by atoms with E-state index in [9.17, 15) is 0 Å². The van der Waals surface area contributed by atoms with Crippen molar-refractivity contribution in [1.82, 2.24) is 0 Å². The van der Waals surface area contributed by atoms with Crippen molar-refractivity contribution in [3.63, 3.8) is 0 Å². The van der Waals surface area contributed by atoms with Crippen LogP contribution in [0.1, 0.15) is 0 Å². The van der Waals surface area contributed by atoms with Gasteiger partial charge in [0.25, 0.3) is 0 Å². The van der Waals surface area contributed by atoms with E-state index in [1.54, 1.807) is 0 Å². The van der Waals surface area contributed by atoms with Crippen molar-refractivity contribution in [2.45, 2.75) is 0 Å². The van der Waals surface area contributed by atoms with Crippen LogP contribution in [0.3, 0.4) is 0 Å². The van der Waals surface area contributed by atoms with E-state index in [-0.39, 0.29) is 0 Å². The van der Waals surface area contributed by atoms with Gasteiger partial charge in [-0.15, -0.1) is 23.6 Å². The molecule has 0 rings (SSSR count). The minimum atomic E-state index is 0.505. The Bertz CT molecular complexity index is 67.7. The zero-order valence-corrected chi connectivity index (χ0v) is 4.35. The fourth-order valence-electron chi connectivity index (χ4n) is 0. The first-order valence-corrected chi connectivity index (χ1v) is 2.44. The molecule has 0 radical (unpaired) electrons. The lowest BCUT2D eigenvalue weighted by Crippen LogP contribution is -1.95. The predicted octanol–water partition coefficient (Wildman–Crippen LogP) is 0.128. The van der Waals surface area contributed by atoms with Crippen LogP contribution in [0.2, 0.25) is 0 Å². The number of hydrogen-bond donors (Lipinski definition) is 2. The fraction of sp³-hybridized carbons (Fsp3) is 0. The summed E-state index contributed by atoms with van der Waals surface area (Å²) >= 11 is 3.69. The molecule has 0 aliphatic rings. The molecule has 0 aromatic rings. The SMILES string of the molecule is C=S=C(N)S. The molecule has 0 heterocycles. The third-order valence-electron chi connectivity index (χ3n) is 0.148. The lowest BCUT2D eigenvalue weighted by atomic mass is 11.5. The maximum atomic E-state index is 4.97. The largest absolute Gasteiger partial charge is 0.289 e. The maximum Gasteiger partial charge on any atom is 0.0962 e. The number of thiol groups is 1. The van der Waals surface area contributed by atoms with Crippen LogP contribution in [0.5, 0.6) is 0 Å². The van der Waals surface area contributed by atoms with Gasteiger partial charge >= 0.3 is 0 Å². The molecule has 0 unspecified atom stereocenters. The molecule has 0 saturated carbocycles. The van der Waals surface area contributed by atoms with Gasteiger partial charge in [-0.05, 0) is 5.87 Å². The first kappa shape index (κ1) is 5.27. The van der Waals surface area contributed by atoms with Crippen molar-refractivity contribution in [2.75, 3.05) is 0 Å². The standard InChI is InChI=1S/C2H5NS2/c1-5-2(3)4/h4H,1,3H2. The van der Waals surface area contributed by atoms with Crippen molar-refractivity contribution in [3.05, 3.63) is 0 Å². The quantitative estimate of drug-likeness (QED) is 0.334. The Labute approximate surface area is 40.1 Å². The Morgan fingerprint density at radius 1 is 2.00 bits per heavy atom. The first-order chi connectivity index (χ1) is 2.27. The second-order valence-electron chi connectivity index (χ2n) is 0.483. The van der Waals surface area contributed by atoms with Crippen molar-refractivity contribution >= 4 is 33.8 Å². The second-order valence-corrected chi connectivity index (χ2v) is 2.00. The van der Waals surface area contributed by atoms with Gasteiger partial charge in [-0.2, -0.15) is 0 Å². The maximum absolute atomic E-state index is 4.97. The van der Waals surface area contributed by atoms with Crippen molar-refractivity contribution in [1.29, 1.82) is 0 Å². The molecule has 0 aliphatic carbocycles. The van der Waals surface area contributed by atoms with Gasteiger partial charge in [0.15, 0.2) is 0 Å². The Hall–Kier alpha value is 0.270. The third kappa shape index (κ3) is 4.27. The van der Waals surface area contributed by atoms with Crippen molar-refractivity contribution in [2.24, 2.45) is 5.73 Å². The number of rotatable bonds is 0. The third-order valence-corrected chi connectivity index (χ3v) is 0.831. The summed E-state index contributed by atoms with van der Waals surface area (Å²) in [7, 11) is 1.19. The minimum Gasteiger partial charge on any atom is -0.289 e. The lowest BCUT2D eigenvalue weighted by Gasteiger charge is -1.67. The van der Waals surface area contributed by atoms with Crippen molar-refractivity contribution < 1.29 is 0 Å². The summed E-state index contributed by atoms with van der Waals surface area (Å²) in [6.45, 7) is 0. The summed E-state index contributed by atoms with van der Waals surface area (Å²) in [5.41, 5.74) is 4.97. The average molecular weight is 107 g/mol. The molecule has 0 saturated heterocycles. The van der Waals surface area contributed by atoms with E-state index in [1.807, 2.05) is 0 Å². The molecule has 1 nitrogen and oxygen atoms in total. The topological polar surface area (TPSA) is 26.0 Å². The zero-order valence-electron chi connectivity index (χ0n) is 2.64. The van der Waals surface area contributed by atoms with E-state index in [4.69, 9.17) is 5.73 Å². The molecule has 0 aromatic carbocycles. The molecule has 0 fully saturated rings. The van der Waals surface area contributed by atoms with E-state index < -0.39 is 0 Å². The summed E-state index contributed by atoms with van der Waals surface area (Å²) in [4.78, 5) is 0. The summed E-state index contributed by atoms with van der Waals surface area (Å²) in [6, 6.07) is 0. The summed E-state index contributed by atoms with van der Waals surface area (Å²) in [5.74, 6) is 3.36. The number of hydrogen-bond acceptors (Lipinski definition) is 0. The first-order valence-electron chi connectivity index (χ1n) is 1.01. The highest BCUT2D eigenvalue weighted by atomic mass is 32.2. The molecule has 30 valence electrons. The highest BCUT2D eigenvalue weighted by Crippen LogP contribution is 1.69. The van der Waals surface area contributed by atoms with Gasteiger partial charge in [0.1, 0.15) is 0 Å². The van der Waals surface area contributed by atoms with Crippen LogP contribution in [0, 0.1) is 0 Å². The molecule has 5 heavy (non-hydrogen) atoms.